The molecule has 0 saturated heterocycles. The van der Waals surface area contributed by atoms with Gasteiger partial charge in [-0.15, -0.1) is 0 Å². The summed E-state index contributed by atoms with van der Waals surface area (Å²) in [5.41, 5.74) is 2.00. The number of ether oxygens (including phenoxy) is 1. The number of nitro groups is 1. The molecular weight excluding hydrogens is 300 g/mol. The van der Waals surface area contributed by atoms with E-state index in [2.05, 4.69) is 10.1 Å². The number of hydrogen-bond donors (Lipinski definition) is 3. The Kier molecular flexibility index (Phi) is 4.42. The van der Waals surface area contributed by atoms with Crippen LogP contribution in [0.4, 0.5) is 11.4 Å². The van der Waals surface area contributed by atoms with E-state index in [0.29, 0.717) is 12.8 Å². The van der Waals surface area contributed by atoms with Crippen LogP contribution in [-0.4, -0.2) is 32.6 Å². The number of nitro benzene ring substituents is 1. The van der Waals surface area contributed by atoms with Gasteiger partial charge in [0.2, 0.25) is 10.0 Å². The van der Waals surface area contributed by atoms with E-state index in [9.17, 15) is 18.5 Å². The third-order valence-corrected chi connectivity index (χ3v) is 4.93. The molecule has 0 atom stereocenters. The van der Waals surface area contributed by atoms with Crippen LogP contribution in [0, 0.1) is 10.1 Å². The van der Waals surface area contributed by atoms with Crippen molar-refractivity contribution in [3.8, 4) is 0 Å². The largest absolute Gasteiger partial charge is 0.381 e. The Morgan fingerprint density at radius 3 is 2.62 bits per heavy atom. The number of sulfonamides is 1. The summed E-state index contributed by atoms with van der Waals surface area (Å²) in [6, 6.07) is 3.17. The highest BCUT2D eigenvalue weighted by atomic mass is 32.2. The maximum absolute atomic E-state index is 12.3. The Labute approximate surface area is 121 Å². The fourth-order valence-corrected chi connectivity index (χ4v) is 3.55. The first-order valence-corrected chi connectivity index (χ1v) is 7.66. The van der Waals surface area contributed by atoms with E-state index in [1.165, 1.54) is 12.1 Å². The molecule has 0 heterocycles. The van der Waals surface area contributed by atoms with Crippen molar-refractivity contribution in [1.82, 2.24) is 4.72 Å². The number of anilines is 1. The second kappa shape index (κ2) is 5.93. The Morgan fingerprint density at radius 1 is 1.43 bits per heavy atom. The molecule has 1 fully saturated rings. The number of benzene rings is 1. The average molecular weight is 316 g/mol. The lowest BCUT2D eigenvalue weighted by Crippen LogP contribution is -2.47. The quantitative estimate of drug-likeness (QED) is 0.391. The zero-order valence-electron chi connectivity index (χ0n) is 11.3. The fourth-order valence-electron chi connectivity index (χ4n) is 2.10. The predicted octanol–water partition coefficient (Wildman–Crippen LogP) is 0.336. The Morgan fingerprint density at radius 2 is 2.10 bits per heavy atom. The molecule has 0 bridgehead atoms. The average Bonchev–Trinajstić information content (AvgIpc) is 2.41. The SMILES string of the molecule is COC1CC(NS(=O)(=O)c2cc([N+](=O)[O-])ccc2NN)C1. The first kappa shape index (κ1) is 15.6. The lowest BCUT2D eigenvalue weighted by Gasteiger charge is -2.34. The van der Waals surface area contributed by atoms with Crippen molar-refractivity contribution in [3.05, 3.63) is 28.3 Å². The highest BCUT2D eigenvalue weighted by Gasteiger charge is 2.34. The number of hydrogen-bond acceptors (Lipinski definition) is 7. The molecule has 9 nitrogen and oxygen atoms in total. The summed E-state index contributed by atoms with van der Waals surface area (Å²) in [4.78, 5) is 9.86. The van der Waals surface area contributed by atoms with E-state index in [4.69, 9.17) is 10.6 Å². The molecule has 1 aliphatic carbocycles. The van der Waals surface area contributed by atoms with E-state index in [0.717, 1.165) is 6.07 Å². The van der Waals surface area contributed by atoms with E-state index < -0.39 is 14.9 Å². The van der Waals surface area contributed by atoms with Crippen LogP contribution in [0.2, 0.25) is 0 Å². The van der Waals surface area contributed by atoms with Crippen LogP contribution in [0.5, 0.6) is 0 Å². The highest BCUT2D eigenvalue weighted by molar-refractivity contribution is 7.89. The molecule has 116 valence electrons. The van der Waals surface area contributed by atoms with Gasteiger partial charge in [0, 0.05) is 25.3 Å². The molecule has 0 spiro atoms. The molecule has 1 saturated carbocycles. The van der Waals surface area contributed by atoms with Crippen molar-refractivity contribution in [2.45, 2.75) is 29.9 Å². The zero-order valence-corrected chi connectivity index (χ0v) is 12.1. The summed E-state index contributed by atoms with van der Waals surface area (Å²) >= 11 is 0. The van der Waals surface area contributed by atoms with E-state index >= 15 is 0 Å². The van der Waals surface area contributed by atoms with Gasteiger partial charge in [-0.2, -0.15) is 0 Å². The van der Waals surface area contributed by atoms with Crippen molar-refractivity contribution >= 4 is 21.4 Å². The molecule has 4 N–H and O–H groups in total. The summed E-state index contributed by atoms with van der Waals surface area (Å²) in [5.74, 6) is 5.26. The summed E-state index contributed by atoms with van der Waals surface area (Å²) in [6.07, 6.45) is 1.17. The predicted molar refractivity (Wildman–Crippen MR) is 75.0 cm³/mol. The molecule has 1 aliphatic rings. The maximum atomic E-state index is 12.3. The number of nitrogens with zero attached hydrogens (tertiary/aromatic N) is 1. The minimum Gasteiger partial charge on any atom is -0.381 e. The standard InChI is InChI=1S/C11H16N4O5S/c1-20-9-4-7(5-9)14-21(18,19)11-6-8(15(16)17)2-3-10(11)13-12/h2-3,6-7,9,13-14H,4-5,12H2,1H3. The van der Waals surface area contributed by atoms with Gasteiger partial charge in [0.15, 0.2) is 0 Å². The zero-order chi connectivity index (χ0) is 15.6. The minimum atomic E-state index is -3.90. The van der Waals surface area contributed by atoms with Gasteiger partial charge in [0.05, 0.1) is 16.7 Å². The Balaban J connectivity index is 2.26. The lowest BCUT2D eigenvalue weighted by atomic mass is 9.90. The van der Waals surface area contributed by atoms with Gasteiger partial charge in [-0.1, -0.05) is 0 Å². The normalized spacial score (nSPS) is 21.6. The number of nitrogens with one attached hydrogen (secondary N) is 2. The number of methoxy groups -OCH3 is 1. The number of nitrogen functional groups attached to an aromatic ring is 1. The second-order valence-corrected chi connectivity index (χ2v) is 6.41. The third-order valence-electron chi connectivity index (χ3n) is 3.37. The summed E-state index contributed by atoms with van der Waals surface area (Å²) < 4.78 is 32.2. The van der Waals surface area contributed by atoms with Gasteiger partial charge in [0.25, 0.3) is 5.69 Å². The minimum absolute atomic E-state index is 0.0370. The smallest absolute Gasteiger partial charge is 0.270 e. The van der Waals surface area contributed by atoms with E-state index in [1.54, 1.807) is 7.11 Å². The molecule has 21 heavy (non-hydrogen) atoms. The van der Waals surface area contributed by atoms with Crippen LogP contribution in [0.25, 0.3) is 0 Å². The maximum Gasteiger partial charge on any atom is 0.270 e. The van der Waals surface area contributed by atoms with Crippen LogP contribution >= 0.6 is 0 Å². The Hall–Kier alpha value is -1.75. The van der Waals surface area contributed by atoms with Crippen molar-refractivity contribution in [2.24, 2.45) is 5.84 Å². The molecule has 0 aliphatic heterocycles. The van der Waals surface area contributed by atoms with Crippen LogP contribution < -0.4 is 16.0 Å². The molecule has 0 aromatic heterocycles. The van der Waals surface area contributed by atoms with Gasteiger partial charge in [0.1, 0.15) is 4.90 Å². The molecule has 0 amide bonds. The van der Waals surface area contributed by atoms with Crippen molar-refractivity contribution in [3.63, 3.8) is 0 Å². The van der Waals surface area contributed by atoms with Gasteiger partial charge in [-0.3, -0.25) is 16.0 Å². The molecule has 0 radical (unpaired) electrons. The third kappa shape index (κ3) is 3.29. The summed E-state index contributed by atoms with van der Waals surface area (Å²) in [7, 11) is -2.34. The summed E-state index contributed by atoms with van der Waals surface area (Å²) in [6.45, 7) is 0. The Bertz CT molecular complexity index is 642. The highest BCUT2D eigenvalue weighted by Crippen LogP contribution is 2.29. The molecule has 1 aromatic rings. The summed E-state index contributed by atoms with van der Waals surface area (Å²) in [5, 5.41) is 10.8. The first-order valence-electron chi connectivity index (χ1n) is 6.17. The molecule has 2 rings (SSSR count). The van der Waals surface area contributed by atoms with Crippen LogP contribution in [0.3, 0.4) is 0 Å². The molecule has 10 heteroatoms. The van der Waals surface area contributed by atoms with Crippen LogP contribution in [0.1, 0.15) is 12.8 Å². The number of nitrogens with two attached hydrogens (primary N) is 1. The van der Waals surface area contributed by atoms with Crippen LogP contribution in [-0.2, 0) is 14.8 Å². The van der Waals surface area contributed by atoms with E-state index in [-0.39, 0.29) is 28.4 Å². The second-order valence-electron chi connectivity index (χ2n) is 4.73. The number of hydrazine groups is 1. The van der Waals surface area contributed by atoms with Crippen molar-refractivity contribution in [2.75, 3.05) is 12.5 Å². The van der Waals surface area contributed by atoms with Gasteiger partial charge in [-0.05, 0) is 18.9 Å². The van der Waals surface area contributed by atoms with Gasteiger partial charge in [-0.25, -0.2) is 13.1 Å². The van der Waals surface area contributed by atoms with Crippen molar-refractivity contribution in [1.29, 1.82) is 0 Å². The van der Waals surface area contributed by atoms with Gasteiger partial charge >= 0.3 is 0 Å². The number of non-ortho nitro benzene ring substituents is 1. The van der Waals surface area contributed by atoms with Crippen LogP contribution in [0.15, 0.2) is 23.1 Å². The topological polar surface area (TPSA) is 137 Å². The molecular formula is C11H16N4O5S. The van der Waals surface area contributed by atoms with Crippen molar-refractivity contribution < 1.29 is 18.1 Å². The number of rotatable bonds is 6. The fraction of sp³-hybridized carbons (Fsp3) is 0.455. The first-order chi connectivity index (χ1) is 9.87. The van der Waals surface area contributed by atoms with Gasteiger partial charge < -0.3 is 10.2 Å². The molecule has 1 aromatic carbocycles. The molecule has 0 unspecified atom stereocenters. The lowest BCUT2D eigenvalue weighted by molar-refractivity contribution is -0.385. The van der Waals surface area contributed by atoms with E-state index in [1.807, 2.05) is 0 Å². The monoisotopic (exact) mass is 316 g/mol.